The summed E-state index contributed by atoms with van der Waals surface area (Å²) in [6.45, 7) is 7.70. The quantitative estimate of drug-likeness (QED) is 0.645. The molecule has 0 saturated carbocycles. The summed E-state index contributed by atoms with van der Waals surface area (Å²) in [5.74, 6) is 0. The van der Waals surface area contributed by atoms with Crippen LogP contribution < -0.4 is 4.72 Å². The van der Waals surface area contributed by atoms with E-state index < -0.39 is 22.2 Å². The molecule has 1 aromatic carbocycles. The first-order chi connectivity index (χ1) is 13.6. The SMILES string of the molecule is CC(C)(C)[S+]([O-])N[C@@H](CCC1OCCCO1)c1cc(Cl)cc2c1CN(C(=O)O)C2. The predicted octanol–water partition coefficient (Wildman–Crippen LogP) is 3.97. The Balaban J connectivity index is 1.86. The van der Waals surface area contributed by atoms with Crippen molar-refractivity contribution in [2.75, 3.05) is 13.2 Å². The zero-order valence-electron chi connectivity index (χ0n) is 17.1. The summed E-state index contributed by atoms with van der Waals surface area (Å²) in [4.78, 5) is 12.8. The summed E-state index contributed by atoms with van der Waals surface area (Å²) >= 11 is 5.06. The minimum Gasteiger partial charge on any atom is -0.598 e. The van der Waals surface area contributed by atoms with Crippen LogP contribution in [-0.2, 0) is 33.9 Å². The van der Waals surface area contributed by atoms with Crippen molar-refractivity contribution >= 4 is 29.1 Å². The van der Waals surface area contributed by atoms with Crippen molar-refractivity contribution in [3.05, 3.63) is 33.8 Å². The largest absolute Gasteiger partial charge is 0.598 e. The summed E-state index contributed by atoms with van der Waals surface area (Å²) in [5.41, 5.74) is 2.73. The van der Waals surface area contributed by atoms with E-state index in [2.05, 4.69) is 4.72 Å². The molecule has 29 heavy (non-hydrogen) atoms. The van der Waals surface area contributed by atoms with Crippen LogP contribution >= 0.6 is 11.6 Å². The highest BCUT2D eigenvalue weighted by atomic mass is 35.5. The first kappa shape index (κ1) is 22.7. The lowest BCUT2D eigenvalue weighted by molar-refractivity contribution is -0.182. The third kappa shape index (κ3) is 5.77. The van der Waals surface area contributed by atoms with Crippen LogP contribution in [0.25, 0.3) is 0 Å². The van der Waals surface area contributed by atoms with Gasteiger partial charge in [0.2, 0.25) is 0 Å². The molecule has 1 amide bonds. The van der Waals surface area contributed by atoms with E-state index in [0.717, 1.165) is 23.1 Å². The van der Waals surface area contributed by atoms with Crippen molar-refractivity contribution in [3.63, 3.8) is 0 Å². The van der Waals surface area contributed by atoms with Crippen LogP contribution in [0.5, 0.6) is 0 Å². The average molecular weight is 445 g/mol. The molecular formula is C20H29ClN2O5S. The van der Waals surface area contributed by atoms with Crippen LogP contribution in [0.2, 0.25) is 5.02 Å². The van der Waals surface area contributed by atoms with E-state index in [1.165, 1.54) is 4.90 Å². The highest BCUT2D eigenvalue weighted by Gasteiger charge is 2.34. The lowest BCUT2D eigenvalue weighted by Gasteiger charge is -2.30. The van der Waals surface area contributed by atoms with E-state index in [1.54, 1.807) is 0 Å². The molecule has 0 bridgehead atoms. The number of fused-ring (bicyclic) bond motifs is 1. The summed E-state index contributed by atoms with van der Waals surface area (Å²) in [7, 11) is 0. The van der Waals surface area contributed by atoms with E-state index in [4.69, 9.17) is 21.1 Å². The van der Waals surface area contributed by atoms with E-state index >= 15 is 0 Å². The van der Waals surface area contributed by atoms with Gasteiger partial charge in [0.05, 0.1) is 25.8 Å². The normalized spacial score (nSPS) is 19.8. The second kappa shape index (κ2) is 9.41. The van der Waals surface area contributed by atoms with Gasteiger partial charge in [-0.1, -0.05) is 11.6 Å². The number of hydrogen-bond acceptors (Lipinski definition) is 5. The molecular weight excluding hydrogens is 416 g/mol. The number of ether oxygens (including phenoxy) is 2. The number of rotatable bonds is 6. The number of benzene rings is 1. The molecule has 7 nitrogen and oxygen atoms in total. The molecule has 2 N–H and O–H groups in total. The minimum atomic E-state index is -1.30. The molecule has 9 heteroatoms. The lowest BCUT2D eigenvalue weighted by Crippen LogP contribution is -2.42. The maximum absolute atomic E-state index is 12.9. The van der Waals surface area contributed by atoms with Gasteiger partial charge < -0.3 is 19.1 Å². The fourth-order valence-corrected chi connectivity index (χ4v) is 4.64. The summed E-state index contributed by atoms with van der Waals surface area (Å²) in [5, 5.41) is 9.95. The van der Waals surface area contributed by atoms with Crippen LogP contribution in [0.4, 0.5) is 4.79 Å². The zero-order valence-corrected chi connectivity index (χ0v) is 18.6. The van der Waals surface area contributed by atoms with Crippen LogP contribution in [-0.4, -0.2) is 44.9 Å². The fraction of sp³-hybridized carbons (Fsp3) is 0.650. The van der Waals surface area contributed by atoms with Gasteiger partial charge in [-0.05, 0) is 62.4 Å². The van der Waals surface area contributed by atoms with Crippen LogP contribution in [0, 0.1) is 0 Å². The van der Waals surface area contributed by atoms with Gasteiger partial charge in [0.1, 0.15) is 4.75 Å². The van der Waals surface area contributed by atoms with E-state index in [9.17, 15) is 14.5 Å². The molecule has 3 rings (SSSR count). The third-order valence-corrected chi connectivity index (χ3v) is 6.92. The molecule has 0 aliphatic carbocycles. The maximum atomic E-state index is 12.9. The van der Waals surface area contributed by atoms with Crippen molar-refractivity contribution in [2.24, 2.45) is 0 Å². The molecule has 0 aromatic heterocycles. The smallest absolute Gasteiger partial charge is 0.407 e. The van der Waals surface area contributed by atoms with Gasteiger partial charge in [0.25, 0.3) is 0 Å². The lowest BCUT2D eigenvalue weighted by atomic mass is 9.95. The topological polar surface area (TPSA) is 94.1 Å². The Morgan fingerprint density at radius 1 is 1.38 bits per heavy atom. The first-order valence-electron chi connectivity index (χ1n) is 9.85. The Hall–Kier alpha value is -1.03. The molecule has 2 aliphatic rings. The predicted molar refractivity (Wildman–Crippen MR) is 112 cm³/mol. The molecule has 0 spiro atoms. The van der Waals surface area contributed by atoms with Gasteiger partial charge in [-0.3, -0.25) is 4.90 Å². The Kier molecular flexibility index (Phi) is 7.35. The minimum absolute atomic E-state index is 0.259. The Bertz CT molecular complexity index is 736. The van der Waals surface area contributed by atoms with Crippen molar-refractivity contribution in [1.29, 1.82) is 0 Å². The molecule has 1 fully saturated rings. The molecule has 162 valence electrons. The summed E-state index contributed by atoms with van der Waals surface area (Å²) in [6.07, 6.45) is 0.919. The molecule has 1 saturated heterocycles. The van der Waals surface area contributed by atoms with Crippen molar-refractivity contribution in [1.82, 2.24) is 9.62 Å². The highest BCUT2D eigenvalue weighted by Crippen LogP contribution is 2.36. The average Bonchev–Trinajstić information content (AvgIpc) is 3.08. The van der Waals surface area contributed by atoms with Crippen LogP contribution in [0.15, 0.2) is 12.1 Å². The number of nitrogens with zero attached hydrogens (tertiary/aromatic N) is 1. The molecule has 2 aliphatic heterocycles. The van der Waals surface area contributed by atoms with Crippen LogP contribution in [0.3, 0.4) is 0 Å². The van der Waals surface area contributed by atoms with E-state index in [0.29, 0.717) is 44.2 Å². The van der Waals surface area contributed by atoms with Gasteiger partial charge in [-0.25, -0.2) is 4.79 Å². The molecule has 1 unspecified atom stereocenters. The van der Waals surface area contributed by atoms with Gasteiger partial charge in [-0.2, -0.15) is 0 Å². The monoisotopic (exact) mass is 444 g/mol. The molecule has 2 heterocycles. The van der Waals surface area contributed by atoms with Gasteiger partial charge in [0.15, 0.2) is 6.29 Å². The molecule has 1 aromatic rings. The Morgan fingerprint density at radius 3 is 2.69 bits per heavy atom. The maximum Gasteiger partial charge on any atom is 0.407 e. The number of hydrogen-bond donors (Lipinski definition) is 2. The number of amides is 1. The second-order valence-electron chi connectivity index (χ2n) is 8.42. The van der Waals surface area contributed by atoms with E-state index in [1.807, 2.05) is 32.9 Å². The Morgan fingerprint density at radius 2 is 2.07 bits per heavy atom. The number of carboxylic acid groups (broad SMARTS) is 1. The first-order valence-corrected chi connectivity index (χ1v) is 11.4. The van der Waals surface area contributed by atoms with Crippen LogP contribution in [0.1, 0.15) is 62.8 Å². The summed E-state index contributed by atoms with van der Waals surface area (Å²) < 4.78 is 27.0. The van der Waals surface area contributed by atoms with E-state index in [-0.39, 0.29) is 12.3 Å². The highest BCUT2D eigenvalue weighted by molar-refractivity contribution is 7.90. The molecule has 2 atom stereocenters. The Labute approximate surface area is 180 Å². The number of carbonyl (C=O) groups is 1. The summed E-state index contributed by atoms with van der Waals surface area (Å²) in [6, 6.07) is 3.41. The van der Waals surface area contributed by atoms with Crippen molar-refractivity contribution < 1.29 is 23.9 Å². The number of halogens is 1. The van der Waals surface area contributed by atoms with Gasteiger partial charge in [0, 0.05) is 29.4 Å². The standard InChI is InChI=1S/C20H29ClN2O5S/c1-20(2,3)29(26)22-17(5-6-18-27-7-4-8-28-18)15-10-14(21)9-13-11-23(19(24)25)12-16(13)15/h9-10,17-18,22H,4-8,11-12H2,1-3H3,(H,24,25)/t17-,29?/m0/s1. The second-order valence-corrected chi connectivity index (χ2v) is 10.9. The third-order valence-electron chi connectivity index (χ3n) is 5.09. The van der Waals surface area contributed by atoms with Crippen molar-refractivity contribution in [3.8, 4) is 0 Å². The fourth-order valence-electron chi connectivity index (χ4n) is 3.54. The van der Waals surface area contributed by atoms with Gasteiger partial charge >= 0.3 is 6.09 Å². The van der Waals surface area contributed by atoms with Gasteiger partial charge in [-0.15, -0.1) is 4.72 Å². The molecule has 0 radical (unpaired) electrons. The number of nitrogens with one attached hydrogen (secondary N) is 1. The zero-order chi connectivity index (χ0) is 21.2. The van der Waals surface area contributed by atoms with Crippen molar-refractivity contribution in [2.45, 2.75) is 70.2 Å².